The number of alkyl halides is 1. The summed E-state index contributed by atoms with van der Waals surface area (Å²) in [6.07, 6.45) is 2.50. The van der Waals surface area contributed by atoms with E-state index in [2.05, 4.69) is 71.4 Å². The van der Waals surface area contributed by atoms with Crippen molar-refractivity contribution in [3.8, 4) is 5.75 Å². The van der Waals surface area contributed by atoms with Crippen molar-refractivity contribution in [3.05, 3.63) is 65.2 Å². The smallest absolute Gasteiger partial charge is 0.119 e. The zero-order valence-corrected chi connectivity index (χ0v) is 13.5. The minimum absolute atomic E-state index is 0.264. The van der Waals surface area contributed by atoms with E-state index >= 15 is 0 Å². The Bertz CT molecular complexity index is 602. The molecule has 104 valence electrons. The van der Waals surface area contributed by atoms with E-state index in [4.69, 9.17) is 4.74 Å². The third-order valence-electron chi connectivity index (χ3n) is 4.37. The summed E-state index contributed by atoms with van der Waals surface area (Å²) >= 11 is 3.96. The van der Waals surface area contributed by atoms with Crippen LogP contribution in [0.15, 0.2) is 48.5 Å². The van der Waals surface area contributed by atoms with Crippen molar-refractivity contribution in [2.24, 2.45) is 0 Å². The van der Waals surface area contributed by atoms with Gasteiger partial charge in [-0.25, -0.2) is 0 Å². The van der Waals surface area contributed by atoms with Crippen LogP contribution in [0.2, 0.25) is 0 Å². The highest BCUT2D eigenvalue weighted by molar-refractivity contribution is 9.09. The summed E-state index contributed by atoms with van der Waals surface area (Å²) < 4.78 is 5.30. The molecule has 0 aromatic heterocycles. The Morgan fingerprint density at radius 3 is 2.35 bits per heavy atom. The van der Waals surface area contributed by atoms with E-state index in [1.807, 2.05) is 0 Å². The molecule has 1 nitrogen and oxygen atoms in total. The molecule has 0 N–H and O–H groups in total. The molecular formula is C18H19BrO. The Kier molecular flexibility index (Phi) is 3.59. The molecule has 1 aliphatic rings. The lowest BCUT2D eigenvalue weighted by Gasteiger charge is -2.24. The van der Waals surface area contributed by atoms with Crippen LogP contribution in [0.1, 0.15) is 34.4 Å². The summed E-state index contributed by atoms with van der Waals surface area (Å²) in [7, 11) is 1.71. The summed E-state index contributed by atoms with van der Waals surface area (Å²) in [6.45, 7) is 2.16. The van der Waals surface area contributed by atoms with Crippen LogP contribution in [0.25, 0.3) is 0 Å². The van der Waals surface area contributed by atoms with Gasteiger partial charge >= 0.3 is 0 Å². The largest absolute Gasteiger partial charge is 0.497 e. The lowest BCUT2D eigenvalue weighted by Crippen LogP contribution is -2.14. The minimum Gasteiger partial charge on any atom is -0.497 e. The average molecular weight is 331 g/mol. The highest BCUT2D eigenvalue weighted by Crippen LogP contribution is 2.60. The second kappa shape index (κ2) is 5.25. The van der Waals surface area contributed by atoms with Crippen LogP contribution in [0.5, 0.6) is 5.75 Å². The predicted molar refractivity (Wildman–Crippen MR) is 86.8 cm³/mol. The molecule has 1 fully saturated rings. The molecule has 0 aliphatic heterocycles. The van der Waals surface area contributed by atoms with E-state index in [0.29, 0.717) is 4.83 Å². The van der Waals surface area contributed by atoms with Gasteiger partial charge in [-0.3, -0.25) is 0 Å². The zero-order valence-electron chi connectivity index (χ0n) is 11.9. The van der Waals surface area contributed by atoms with Gasteiger partial charge < -0.3 is 4.74 Å². The van der Waals surface area contributed by atoms with E-state index in [0.717, 1.165) is 5.75 Å². The quantitative estimate of drug-likeness (QED) is 0.702. The molecule has 0 bridgehead atoms. The molecule has 0 radical (unpaired) electrons. The second-order valence-electron chi connectivity index (χ2n) is 5.61. The molecular weight excluding hydrogens is 312 g/mol. The third kappa shape index (κ3) is 2.26. The van der Waals surface area contributed by atoms with Crippen molar-refractivity contribution in [1.29, 1.82) is 0 Å². The first-order valence-corrected chi connectivity index (χ1v) is 7.93. The fourth-order valence-corrected chi connectivity index (χ4v) is 4.19. The van der Waals surface area contributed by atoms with Gasteiger partial charge in [-0.05, 0) is 48.6 Å². The zero-order chi connectivity index (χ0) is 14.2. The molecule has 0 heterocycles. The van der Waals surface area contributed by atoms with Crippen LogP contribution in [-0.4, -0.2) is 7.11 Å². The molecule has 1 saturated carbocycles. The summed E-state index contributed by atoms with van der Waals surface area (Å²) in [5, 5.41) is 0. The normalized spacial score (nSPS) is 17.6. The summed E-state index contributed by atoms with van der Waals surface area (Å²) in [4.78, 5) is 0.364. The van der Waals surface area contributed by atoms with Crippen LogP contribution in [0.4, 0.5) is 0 Å². The Morgan fingerprint density at radius 1 is 1.10 bits per heavy atom. The second-order valence-corrected chi connectivity index (χ2v) is 6.52. The molecule has 0 amide bonds. The molecule has 3 rings (SSSR count). The van der Waals surface area contributed by atoms with Gasteiger partial charge in [0.05, 0.1) is 7.11 Å². The summed E-state index contributed by atoms with van der Waals surface area (Å²) in [6, 6.07) is 17.2. The maximum absolute atomic E-state index is 5.30. The minimum atomic E-state index is 0.264. The third-order valence-corrected chi connectivity index (χ3v) is 5.74. The van der Waals surface area contributed by atoms with Gasteiger partial charge in [0.15, 0.2) is 0 Å². The van der Waals surface area contributed by atoms with Crippen molar-refractivity contribution in [2.45, 2.75) is 30.0 Å². The maximum atomic E-state index is 5.30. The van der Waals surface area contributed by atoms with Crippen molar-refractivity contribution >= 4 is 15.9 Å². The maximum Gasteiger partial charge on any atom is 0.119 e. The van der Waals surface area contributed by atoms with Gasteiger partial charge in [-0.15, -0.1) is 0 Å². The summed E-state index contributed by atoms with van der Waals surface area (Å²) in [5.41, 5.74) is 4.36. The standard InChI is InChI=1S/C18H19BrO/c1-13-12-15(20-2)8-9-16(13)17(19)18(10-11-18)14-6-4-3-5-7-14/h3-9,12,17H,10-11H2,1-2H3. The van der Waals surface area contributed by atoms with Crippen molar-refractivity contribution in [3.63, 3.8) is 0 Å². The van der Waals surface area contributed by atoms with Crippen LogP contribution in [0, 0.1) is 6.92 Å². The van der Waals surface area contributed by atoms with Crippen molar-refractivity contribution in [2.75, 3.05) is 7.11 Å². The van der Waals surface area contributed by atoms with Gasteiger partial charge in [-0.2, -0.15) is 0 Å². The number of hydrogen-bond donors (Lipinski definition) is 0. The van der Waals surface area contributed by atoms with E-state index in [-0.39, 0.29) is 5.41 Å². The highest BCUT2D eigenvalue weighted by Gasteiger charge is 2.50. The van der Waals surface area contributed by atoms with Gasteiger partial charge in [0, 0.05) is 10.2 Å². The number of benzene rings is 2. The molecule has 1 aliphatic carbocycles. The van der Waals surface area contributed by atoms with Crippen LogP contribution < -0.4 is 4.74 Å². The molecule has 20 heavy (non-hydrogen) atoms. The first kappa shape index (κ1) is 13.7. The van der Waals surface area contributed by atoms with Gasteiger partial charge in [0.2, 0.25) is 0 Å². The first-order valence-electron chi connectivity index (χ1n) is 7.01. The van der Waals surface area contributed by atoms with E-state index < -0.39 is 0 Å². The fraction of sp³-hybridized carbons (Fsp3) is 0.333. The number of hydrogen-bond acceptors (Lipinski definition) is 1. The predicted octanol–water partition coefficient (Wildman–Crippen LogP) is 5.17. The first-order chi connectivity index (χ1) is 9.67. The fourth-order valence-electron chi connectivity index (χ4n) is 2.95. The van der Waals surface area contributed by atoms with Gasteiger partial charge in [0.1, 0.15) is 5.75 Å². The molecule has 2 aromatic carbocycles. The highest BCUT2D eigenvalue weighted by atomic mass is 79.9. The monoisotopic (exact) mass is 330 g/mol. The van der Waals surface area contributed by atoms with Gasteiger partial charge in [0.25, 0.3) is 0 Å². The lowest BCUT2D eigenvalue weighted by molar-refractivity contribution is 0.414. The molecule has 2 aromatic rings. The number of ether oxygens (including phenoxy) is 1. The van der Waals surface area contributed by atoms with Crippen molar-refractivity contribution in [1.82, 2.24) is 0 Å². The molecule has 0 spiro atoms. The van der Waals surface area contributed by atoms with Crippen LogP contribution in [0.3, 0.4) is 0 Å². The Balaban J connectivity index is 1.95. The number of halogens is 1. The van der Waals surface area contributed by atoms with E-state index in [1.165, 1.54) is 29.5 Å². The van der Waals surface area contributed by atoms with Gasteiger partial charge in [-0.1, -0.05) is 52.3 Å². The Morgan fingerprint density at radius 2 is 1.80 bits per heavy atom. The van der Waals surface area contributed by atoms with Crippen molar-refractivity contribution < 1.29 is 4.74 Å². The number of rotatable bonds is 4. The average Bonchev–Trinajstić information content (AvgIpc) is 3.29. The Hall–Kier alpha value is -1.28. The molecule has 1 unspecified atom stereocenters. The number of aryl methyl sites for hydroxylation is 1. The van der Waals surface area contributed by atoms with Crippen LogP contribution >= 0.6 is 15.9 Å². The van der Waals surface area contributed by atoms with E-state index in [1.54, 1.807) is 7.11 Å². The molecule has 1 atom stereocenters. The molecule has 2 heteroatoms. The number of methoxy groups -OCH3 is 1. The topological polar surface area (TPSA) is 9.23 Å². The molecule has 0 saturated heterocycles. The SMILES string of the molecule is COc1ccc(C(Br)C2(c3ccccc3)CC2)c(C)c1. The van der Waals surface area contributed by atoms with E-state index in [9.17, 15) is 0 Å². The Labute approximate surface area is 129 Å². The lowest BCUT2D eigenvalue weighted by atomic mass is 9.87. The van der Waals surface area contributed by atoms with Crippen LogP contribution in [-0.2, 0) is 5.41 Å². The summed E-state index contributed by atoms with van der Waals surface area (Å²) in [5.74, 6) is 0.926.